The van der Waals surface area contributed by atoms with Crippen LogP contribution in [0.1, 0.15) is 39.8 Å². The van der Waals surface area contributed by atoms with Gasteiger partial charge in [-0.2, -0.15) is 0 Å². The van der Waals surface area contributed by atoms with Crippen molar-refractivity contribution in [2.45, 2.75) is 34.1 Å². The van der Waals surface area contributed by atoms with Crippen LogP contribution in [-0.4, -0.2) is 31.9 Å². The van der Waals surface area contributed by atoms with Gasteiger partial charge in [0.05, 0.1) is 24.2 Å². The third-order valence-electron chi connectivity index (χ3n) is 3.23. The molecule has 1 N–H and O–H groups in total. The predicted molar refractivity (Wildman–Crippen MR) is 113 cm³/mol. The second-order valence-electron chi connectivity index (χ2n) is 4.98. The standard InChI is InChI=1S/C20H28N2O2.C2H6/c1-5-9-19(24-15-8-14-23-7-3)12-10-17(6-2)20-13-11-18(21-4)16-22-20;1-2/h5-6,9-13,16,21H,2,7-8,14-15H2,1,3-4H3;1-2H3/b9-5-,17-10+,19-12+;. The predicted octanol–water partition coefficient (Wildman–Crippen LogP) is 5.62. The van der Waals surface area contributed by atoms with Crippen molar-refractivity contribution in [3.05, 3.63) is 66.7 Å². The Labute approximate surface area is 159 Å². The van der Waals surface area contributed by atoms with E-state index >= 15 is 0 Å². The normalized spacial score (nSPS) is 11.7. The molecule has 4 heteroatoms. The van der Waals surface area contributed by atoms with E-state index in [1.54, 1.807) is 12.3 Å². The van der Waals surface area contributed by atoms with E-state index in [1.807, 2.05) is 71.2 Å². The van der Waals surface area contributed by atoms with Crippen LogP contribution in [0.3, 0.4) is 0 Å². The van der Waals surface area contributed by atoms with Gasteiger partial charge in [-0.15, -0.1) is 0 Å². The minimum Gasteiger partial charge on any atom is -0.494 e. The monoisotopic (exact) mass is 358 g/mol. The molecule has 0 aliphatic carbocycles. The maximum Gasteiger partial charge on any atom is 0.118 e. The van der Waals surface area contributed by atoms with Gasteiger partial charge in [-0.05, 0) is 49.8 Å². The summed E-state index contributed by atoms with van der Waals surface area (Å²) in [5.41, 5.74) is 2.79. The molecule has 4 nitrogen and oxygen atoms in total. The van der Waals surface area contributed by atoms with Crippen LogP contribution in [0.5, 0.6) is 0 Å². The number of anilines is 1. The Hall–Kier alpha value is -2.33. The molecule has 144 valence electrons. The lowest BCUT2D eigenvalue weighted by molar-refractivity contribution is 0.118. The van der Waals surface area contributed by atoms with Crippen LogP contribution >= 0.6 is 0 Å². The van der Waals surface area contributed by atoms with E-state index in [0.717, 1.165) is 42.3 Å². The first-order chi connectivity index (χ1) is 12.7. The molecule has 0 amide bonds. The number of rotatable bonds is 11. The van der Waals surface area contributed by atoms with E-state index in [-0.39, 0.29) is 0 Å². The zero-order chi connectivity index (χ0) is 19.6. The molecule has 0 atom stereocenters. The van der Waals surface area contributed by atoms with Gasteiger partial charge in [0, 0.05) is 26.7 Å². The number of ether oxygens (including phenoxy) is 2. The number of nitrogens with zero attached hydrogens (tertiary/aromatic N) is 1. The van der Waals surface area contributed by atoms with E-state index in [9.17, 15) is 0 Å². The molecule has 1 heterocycles. The third-order valence-corrected chi connectivity index (χ3v) is 3.23. The number of nitrogens with one attached hydrogen (secondary N) is 1. The number of hydrogen-bond acceptors (Lipinski definition) is 4. The molecule has 0 bridgehead atoms. The Morgan fingerprint density at radius 3 is 2.54 bits per heavy atom. The van der Waals surface area contributed by atoms with Crippen molar-refractivity contribution >= 4 is 11.3 Å². The fraction of sp³-hybridized carbons (Fsp3) is 0.409. The van der Waals surface area contributed by atoms with Crippen molar-refractivity contribution < 1.29 is 9.47 Å². The summed E-state index contributed by atoms with van der Waals surface area (Å²) in [6.45, 7) is 13.9. The molecule has 1 rings (SSSR count). The van der Waals surface area contributed by atoms with Crippen molar-refractivity contribution in [3.63, 3.8) is 0 Å². The van der Waals surface area contributed by atoms with E-state index < -0.39 is 0 Å². The van der Waals surface area contributed by atoms with Gasteiger partial charge >= 0.3 is 0 Å². The molecule has 0 aliphatic heterocycles. The zero-order valence-corrected chi connectivity index (χ0v) is 16.9. The lowest BCUT2D eigenvalue weighted by atomic mass is 10.1. The zero-order valence-electron chi connectivity index (χ0n) is 16.9. The summed E-state index contributed by atoms with van der Waals surface area (Å²) in [6.07, 6.45) is 12.3. The number of allylic oxidation sites excluding steroid dienone is 6. The van der Waals surface area contributed by atoms with E-state index in [2.05, 4.69) is 16.9 Å². The Morgan fingerprint density at radius 1 is 1.23 bits per heavy atom. The van der Waals surface area contributed by atoms with Gasteiger partial charge in [-0.1, -0.05) is 32.6 Å². The number of aromatic nitrogens is 1. The highest BCUT2D eigenvalue weighted by molar-refractivity contribution is 5.73. The lowest BCUT2D eigenvalue weighted by Crippen LogP contribution is -2.00. The molecule has 0 aliphatic rings. The van der Waals surface area contributed by atoms with Gasteiger partial charge in [0.1, 0.15) is 5.76 Å². The van der Waals surface area contributed by atoms with Crippen LogP contribution in [0.4, 0.5) is 5.69 Å². The number of pyridine rings is 1. The fourth-order valence-electron chi connectivity index (χ4n) is 1.95. The van der Waals surface area contributed by atoms with Crippen LogP contribution in [0, 0.1) is 0 Å². The first kappa shape index (κ1) is 23.7. The molecule has 0 fully saturated rings. The summed E-state index contributed by atoms with van der Waals surface area (Å²) in [5.74, 6) is 0.806. The average molecular weight is 359 g/mol. The molecule has 0 radical (unpaired) electrons. The molecule has 0 spiro atoms. The van der Waals surface area contributed by atoms with E-state index in [4.69, 9.17) is 9.47 Å². The SMILES string of the molecule is C=C\C(=C/C=C(\C=C/C)OCCCOCC)c1ccc(NC)cn1.CC. The van der Waals surface area contributed by atoms with Gasteiger partial charge in [-0.3, -0.25) is 4.98 Å². The third kappa shape index (κ3) is 9.84. The topological polar surface area (TPSA) is 43.4 Å². The van der Waals surface area contributed by atoms with Crippen molar-refractivity contribution in [2.75, 3.05) is 32.2 Å². The van der Waals surface area contributed by atoms with Gasteiger partial charge in [0.15, 0.2) is 0 Å². The maximum absolute atomic E-state index is 5.78. The highest BCUT2D eigenvalue weighted by Crippen LogP contribution is 2.16. The van der Waals surface area contributed by atoms with Crippen molar-refractivity contribution in [1.29, 1.82) is 0 Å². The van der Waals surface area contributed by atoms with Crippen molar-refractivity contribution in [2.24, 2.45) is 0 Å². The Morgan fingerprint density at radius 2 is 2.00 bits per heavy atom. The minimum atomic E-state index is 0.628. The summed E-state index contributed by atoms with van der Waals surface area (Å²) in [6, 6.07) is 3.95. The summed E-state index contributed by atoms with van der Waals surface area (Å²) in [4.78, 5) is 4.43. The molecule has 26 heavy (non-hydrogen) atoms. The summed E-state index contributed by atoms with van der Waals surface area (Å²) >= 11 is 0. The molecule has 0 saturated carbocycles. The maximum atomic E-state index is 5.78. The van der Waals surface area contributed by atoms with Crippen LogP contribution < -0.4 is 5.32 Å². The van der Waals surface area contributed by atoms with Crippen LogP contribution in [-0.2, 0) is 9.47 Å². The van der Waals surface area contributed by atoms with Gasteiger partial charge in [-0.25, -0.2) is 0 Å². The summed E-state index contributed by atoms with van der Waals surface area (Å²) in [5, 5.41) is 3.06. The second kappa shape index (κ2) is 16.2. The van der Waals surface area contributed by atoms with Gasteiger partial charge in [0.25, 0.3) is 0 Å². The second-order valence-corrected chi connectivity index (χ2v) is 4.98. The van der Waals surface area contributed by atoms with Crippen molar-refractivity contribution in [3.8, 4) is 0 Å². The largest absolute Gasteiger partial charge is 0.494 e. The average Bonchev–Trinajstić information content (AvgIpc) is 2.70. The minimum absolute atomic E-state index is 0.628. The molecular formula is C22H34N2O2. The molecule has 1 aromatic heterocycles. The highest BCUT2D eigenvalue weighted by atomic mass is 16.5. The summed E-state index contributed by atoms with van der Waals surface area (Å²) in [7, 11) is 1.87. The fourth-order valence-corrected chi connectivity index (χ4v) is 1.95. The Balaban J connectivity index is 0.00000301. The van der Waals surface area contributed by atoms with Gasteiger partial charge in [0.2, 0.25) is 0 Å². The van der Waals surface area contributed by atoms with Gasteiger partial charge < -0.3 is 14.8 Å². The van der Waals surface area contributed by atoms with E-state index in [1.165, 1.54) is 0 Å². The van der Waals surface area contributed by atoms with Crippen molar-refractivity contribution in [1.82, 2.24) is 4.98 Å². The van der Waals surface area contributed by atoms with Crippen LogP contribution in [0.2, 0.25) is 0 Å². The first-order valence-corrected chi connectivity index (χ1v) is 9.27. The lowest BCUT2D eigenvalue weighted by Gasteiger charge is -2.07. The molecule has 0 unspecified atom stereocenters. The highest BCUT2D eigenvalue weighted by Gasteiger charge is 1.99. The summed E-state index contributed by atoms with van der Waals surface area (Å²) < 4.78 is 11.1. The Bertz CT molecular complexity index is 572. The number of hydrogen-bond donors (Lipinski definition) is 1. The van der Waals surface area contributed by atoms with E-state index in [0.29, 0.717) is 6.61 Å². The van der Waals surface area contributed by atoms with Crippen LogP contribution in [0.15, 0.2) is 61.0 Å². The van der Waals surface area contributed by atoms with Crippen LogP contribution in [0.25, 0.3) is 5.57 Å². The quantitative estimate of drug-likeness (QED) is 0.317. The smallest absolute Gasteiger partial charge is 0.118 e. The molecule has 0 aromatic carbocycles. The Kier molecular flexibility index (Phi) is 14.7. The first-order valence-electron chi connectivity index (χ1n) is 9.27. The molecule has 0 saturated heterocycles. The molecular weight excluding hydrogens is 324 g/mol. The molecule has 1 aromatic rings.